The van der Waals surface area contributed by atoms with Crippen LogP contribution < -0.4 is 0 Å². The van der Waals surface area contributed by atoms with Crippen LogP contribution in [0, 0.1) is 5.92 Å². The Bertz CT molecular complexity index is 281. The van der Waals surface area contributed by atoms with Crippen LogP contribution in [0.25, 0.3) is 0 Å². The topological polar surface area (TPSA) is 49.8 Å². The molecule has 2 bridgehead atoms. The van der Waals surface area contributed by atoms with Crippen LogP contribution in [0.2, 0.25) is 0 Å². The zero-order chi connectivity index (χ0) is 13.1. The van der Waals surface area contributed by atoms with Crippen molar-refractivity contribution in [1.29, 1.82) is 0 Å². The first-order valence-corrected chi connectivity index (χ1v) is 7.13. The average molecular weight is 255 g/mol. The molecule has 0 aromatic carbocycles. The van der Waals surface area contributed by atoms with Gasteiger partial charge >= 0.3 is 5.97 Å². The molecule has 0 aromatic rings. The van der Waals surface area contributed by atoms with E-state index in [0.29, 0.717) is 30.5 Å². The molecule has 3 atom stereocenters. The van der Waals surface area contributed by atoms with E-state index < -0.39 is 5.97 Å². The molecule has 2 aliphatic rings. The fraction of sp³-hybridized carbons (Fsp3) is 0.929. The summed E-state index contributed by atoms with van der Waals surface area (Å²) in [5, 5.41) is 8.93. The molecule has 2 heterocycles. The van der Waals surface area contributed by atoms with Gasteiger partial charge in [0.2, 0.25) is 0 Å². The molecule has 2 saturated heterocycles. The van der Waals surface area contributed by atoms with Gasteiger partial charge in [-0.2, -0.15) is 0 Å². The smallest absolute Gasteiger partial charge is 0.303 e. The predicted octanol–water partition coefficient (Wildman–Crippen LogP) is 2.13. The van der Waals surface area contributed by atoms with Gasteiger partial charge in [0.15, 0.2) is 0 Å². The van der Waals surface area contributed by atoms with Crippen molar-refractivity contribution in [3.05, 3.63) is 0 Å². The normalized spacial score (nSPS) is 33.6. The van der Waals surface area contributed by atoms with Crippen molar-refractivity contribution in [3.8, 4) is 0 Å². The van der Waals surface area contributed by atoms with Crippen molar-refractivity contribution in [3.63, 3.8) is 0 Å². The first-order valence-electron chi connectivity index (χ1n) is 7.13. The minimum Gasteiger partial charge on any atom is -0.481 e. The van der Waals surface area contributed by atoms with Crippen molar-refractivity contribution in [2.24, 2.45) is 5.92 Å². The van der Waals surface area contributed by atoms with E-state index in [4.69, 9.17) is 9.84 Å². The molecule has 0 aromatic heterocycles. The molecule has 104 valence electrons. The van der Waals surface area contributed by atoms with Gasteiger partial charge in [0.25, 0.3) is 0 Å². The van der Waals surface area contributed by atoms with Crippen LogP contribution >= 0.6 is 0 Å². The van der Waals surface area contributed by atoms with E-state index in [-0.39, 0.29) is 0 Å². The second-order valence-electron chi connectivity index (χ2n) is 5.78. The molecule has 0 amide bonds. The summed E-state index contributed by atoms with van der Waals surface area (Å²) in [7, 11) is 1.77. The van der Waals surface area contributed by atoms with E-state index in [2.05, 4.69) is 11.8 Å². The van der Waals surface area contributed by atoms with Gasteiger partial charge < -0.3 is 9.84 Å². The standard InChI is InChI=1S/C14H25NO3/c1-3-11(9-18-2)15-12-4-5-13(15)7-10(6-12)8-14(16)17/h10-13H,3-9H2,1-2H3,(H,16,17). The maximum atomic E-state index is 10.8. The molecule has 0 spiro atoms. The lowest BCUT2D eigenvalue weighted by molar-refractivity contribution is -0.138. The van der Waals surface area contributed by atoms with Crippen molar-refractivity contribution in [1.82, 2.24) is 4.90 Å². The minimum absolute atomic E-state index is 0.349. The number of carboxylic acid groups (broad SMARTS) is 1. The Balaban J connectivity index is 1.98. The molecule has 2 fully saturated rings. The Hall–Kier alpha value is -0.610. The van der Waals surface area contributed by atoms with Crippen LogP contribution in [0.1, 0.15) is 45.4 Å². The summed E-state index contributed by atoms with van der Waals surface area (Å²) >= 11 is 0. The van der Waals surface area contributed by atoms with Crippen LogP contribution in [0.3, 0.4) is 0 Å². The van der Waals surface area contributed by atoms with Gasteiger partial charge in [0.05, 0.1) is 6.61 Å². The Morgan fingerprint density at radius 3 is 2.44 bits per heavy atom. The summed E-state index contributed by atoms with van der Waals surface area (Å²) in [6, 6.07) is 1.69. The molecule has 1 N–H and O–H groups in total. The molecule has 0 radical (unpaired) electrons. The van der Waals surface area contributed by atoms with Crippen molar-refractivity contribution < 1.29 is 14.6 Å². The summed E-state index contributed by atoms with van der Waals surface area (Å²) < 4.78 is 5.33. The zero-order valence-corrected chi connectivity index (χ0v) is 11.5. The second kappa shape index (κ2) is 6.02. The third-order valence-corrected chi connectivity index (χ3v) is 4.60. The molecule has 2 rings (SSSR count). The number of ether oxygens (including phenoxy) is 1. The number of hydrogen-bond donors (Lipinski definition) is 1. The monoisotopic (exact) mass is 255 g/mol. The highest BCUT2D eigenvalue weighted by Gasteiger charge is 2.43. The van der Waals surface area contributed by atoms with E-state index in [1.165, 1.54) is 12.8 Å². The van der Waals surface area contributed by atoms with Crippen molar-refractivity contribution in [2.75, 3.05) is 13.7 Å². The third-order valence-electron chi connectivity index (χ3n) is 4.60. The highest BCUT2D eigenvalue weighted by atomic mass is 16.5. The fourth-order valence-corrected chi connectivity index (χ4v) is 3.94. The van der Waals surface area contributed by atoms with Crippen LogP contribution in [0.4, 0.5) is 0 Å². The number of methoxy groups -OCH3 is 1. The Morgan fingerprint density at radius 2 is 2.00 bits per heavy atom. The molecular formula is C14H25NO3. The Kier molecular flexibility index (Phi) is 4.62. The third kappa shape index (κ3) is 2.86. The molecule has 4 heteroatoms. The number of piperidine rings is 1. The van der Waals surface area contributed by atoms with Gasteiger partial charge in [-0.3, -0.25) is 9.69 Å². The lowest BCUT2D eigenvalue weighted by Crippen LogP contribution is -2.50. The predicted molar refractivity (Wildman–Crippen MR) is 69.6 cm³/mol. The van der Waals surface area contributed by atoms with Gasteiger partial charge in [-0.05, 0) is 38.0 Å². The van der Waals surface area contributed by atoms with E-state index in [9.17, 15) is 4.79 Å². The number of hydrogen-bond acceptors (Lipinski definition) is 3. The summed E-state index contributed by atoms with van der Waals surface area (Å²) in [4.78, 5) is 13.5. The molecule has 18 heavy (non-hydrogen) atoms. The molecule has 4 nitrogen and oxygen atoms in total. The fourth-order valence-electron chi connectivity index (χ4n) is 3.94. The number of nitrogens with zero attached hydrogens (tertiary/aromatic N) is 1. The quantitative estimate of drug-likeness (QED) is 0.790. The van der Waals surface area contributed by atoms with Crippen molar-refractivity contribution in [2.45, 2.75) is 63.6 Å². The molecular weight excluding hydrogens is 230 g/mol. The second-order valence-corrected chi connectivity index (χ2v) is 5.78. The molecule has 0 saturated carbocycles. The van der Waals surface area contributed by atoms with Gasteiger partial charge in [-0.25, -0.2) is 0 Å². The molecule has 0 aliphatic carbocycles. The van der Waals surface area contributed by atoms with Crippen LogP contribution in [0.5, 0.6) is 0 Å². The van der Waals surface area contributed by atoms with Gasteiger partial charge in [0.1, 0.15) is 0 Å². The van der Waals surface area contributed by atoms with Crippen molar-refractivity contribution >= 4 is 5.97 Å². The Labute approximate surface area is 109 Å². The average Bonchev–Trinajstić information content (AvgIpc) is 2.57. The SMILES string of the molecule is CCC(COC)N1C2CCC1CC(CC(=O)O)C2. The maximum absolute atomic E-state index is 10.8. The first-order chi connectivity index (χ1) is 8.65. The van der Waals surface area contributed by atoms with E-state index in [1.807, 2.05) is 0 Å². The largest absolute Gasteiger partial charge is 0.481 e. The highest BCUT2D eigenvalue weighted by molar-refractivity contribution is 5.67. The summed E-state index contributed by atoms with van der Waals surface area (Å²) in [6.07, 6.45) is 6.06. The highest BCUT2D eigenvalue weighted by Crippen LogP contribution is 2.41. The van der Waals surface area contributed by atoms with E-state index >= 15 is 0 Å². The Morgan fingerprint density at radius 1 is 1.39 bits per heavy atom. The van der Waals surface area contributed by atoms with Crippen LogP contribution in [-0.2, 0) is 9.53 Å². The van der Waals surface area contributed by atoms with Gasteiger partial charge in [-0.1, -0.05) is 6.92 Å². The summed E-state index contributed by atoms with van der Waals surface area (Å²) in [5.74, 6) is -0.256. The zero-order valence-electron chi connectivity index (χ0n) is 11.5. The van der Waals surface area contributed by atoms with Crippen LogP contribution in [0.15, 0.2) is 0 Å². The van der Waals surface area contributed by atoms with Gasteiger partial charge in [0, 0.05) is 31.7 Å². The lowest BCUT2D eigenvalue weighted by atomic mass is 9.87. The van der Waals surface area contributed by atoms with Crippen LogP contribution in [-0.4, -0.2) is 47.8 Å². The number of carbonyl (C=O) groups is 1. The lowest BCUT2D eigenvalue weighted by Gasteiger charge is -2.43. The number of aliphatic carboxylic acids is 1. The van der Waals surface area contributed by atoms with E-state index in [1.54, 1.807) is 7.11 Å². The van der Waals surface area contributed by atoms with Gasteiger partial charge in [-0.15, -0.1) is 0 Å². The summed E-state index contributed by atoms with van der Waals surface area (Å²) in [5.41, 5.74) is 0. The number of rotatable bonds is 6. The first kappa shape index (κ1) is 13.8. The summed E-state index contributed by atoms with van der Waals surface area (Å²) in [6.45, 7) is 3.01. The van der Waals surface area contributed by atoms with E-state index in [0.717, 1.165) is 25.9 Å². The molecule has 3 unspecified atom stereocenters. The minimum atomic E-state index is -0.642. The maximum Gasteiger partial charge on any atom is 0.303 e. The molecule has 2 aliphatic heterocycles. The number of fused-ring (bicyclic) bond motifs is 2. The number of carboxylic acids is 1.